The molecular weight excluding hydrogens is 274 g/mol. The minimum atomic E-state index is -1.05. The molecule has 0 saturated carbocycles. The van der Waals surface area contributed by atoms with E-state index >= 15 is 0 Å². The number of benzene rings is 1. The zero-order valence-corrected chi connectivity index (χ0v) is 11.1. The largest absolute Gasteiger partial charge is 0.466 e. The number of halogens is 2. The molecule has 0 aromatic heterocycles. The van der Waals surface area contributed by atoms with Gasteiger partial charge in [-0.05, 0) is 6.92 Å². The molecule has 110 valence electrons. The Balaban J connectivity index is 2.85. The lowest BCUT2D eigenvalue weighted by molar-refractivity contribution is -0.385. The zero-order valence-electron chi connectivity index (χ0n) is 11.1. The molecule has 0 atom stereocenters. The predicted octanol–water partition coefficient (Wildman–Crippen LogP) is 2.26. The highest BCUT2D eigenvalue weighted by atomic mass is 19.1. The fourth-order valence-electron chi connectivity index (χ4n) is 1.63. The van der Waals surface area contributed by atoms with Crippen LogP contribution in [0.15, 0.2) is 12.1 Å². The number of non-ortho nitro benzene ring substituents is 1. The second kappa shape index (κ2) is 6.78. The van der Waals surface area contributed by atoms with Gasteiger partial charge in [-0.2, -0.15) is 0 Å². The number of nitro groups is 1. The van der Waals surface area contributed by atoms with E-state index in [2.05, 4.69) is 0 Å². The summed E-state index contributed by atoms with van der Waals surface area (Å²) in [5, 5.41) is 10.5. The molecule has 0 N–H and O–H groups in total. The number of carbonyl (C=O) groups excluding carboxylic acids is 1. The third kappa shape index (κ3) is 3.87. The van der Waals surface area contributed by atoms with Crippen molar-refractivity contribution in [1.82, 2.24) is 0 Å². The number of nitro benzene ring substituents is 1. The monoisotopic (exact) mass is 288 g/mol. The maximum absolute atomic E-state index is 13.7. The summed E-state index contributed by atoms with van der Waals surface area (Å²) in [4.78, 5) is 21.9. The number of ether oxygens (including phenoxy) is 1. The lowest BCUT2D eigenvalue weighted by Crippen LogP contribution is -2.24. The highest BCUT2D eigenvalue weighted by Crippen LogP contribution is 2.27. The fourth-order valence-corrected chi connectivity index (χ4v) is 1.63. The number of anilines is 1. The molecule has 0 fully saturated rings. The van der Waals surface area contributed by atoms with Crippen molar-refractivity contribution in [3.63, 3.8) is 0 Å². The van der Waals surface area contributed by atoms with Crippen molar-refractivity contribution in [2.24, 2.45) is 0 Å². The second-order valence-corrected chi connectivity index (χ2v) is 3.99. The van der Waals surface area contributed by atoms with Crippen molar-refractivity contribution >= 4 is 17.3 Å². The maximum atomic E-state index is 13.7. The number of hydrogen-bond donors (Lipinski definition) is 0. The zero-order chi connectivity index (χ0) is 15.3. The Kier molecular flexibility index (Phi) is 5.36. The Morgan fingerprint density at radius 3 is 2.40 bits per heavy atom. The van der Waals surface area contributed by atoms with Gasteiger partial charge in [0.2, 0.25) is 0 Å². The summed E-state index contributed by atoms with van der Waals surface area (Å²) in [6.07, 6.45) is -0.0415. The standard InChI is InChI=1S/C12H14F2N2O4/c1-3-20-11(17)4-5-15(2)12-9(13)6-8(16(18)19)7-10(12)14/h6-7H,3-5H2,1-2H3. The quantitative estimate of drug-likeness (QED) is 0.456. The van der Waals surface area contributed by atoms with E-state index in [-0.39, 0.29) is 19.6 Å². The van der Waals surface area contributed by atoms with Crippen LogP contribution in [0.5, 0.6) is 0 Å². The van der Waals surface area contributed by atoms with Gasteiger partial charge in [-0.15, -0.1) is 0 Å². The normalized spacial score (nSPS) is 10.2. The van der Waals surface area contributed by atoms with Gasteiger partial charge in [0.25, 0.3) is 5.69 Å². The Bertz CT molecular complexity index is 499. The van der Waals surface area contributed by atoms with E-state index in [1.54, 1.807) is 6.92 Å². The van der Waals surface area contributed by atoms with Gasteiger partial charge < -0.3 is 9.64 Å². The molecular formula is C12H14F2N2O4. The van der Waals surface area contributed by atoms with Crippen LogP contribution in [0, 0.1) is 21.7 Å². The topological polar surface area (TPSA) is 72.7 Å². The number of rotatable bonds is 6. The van der Waals surface area contributed by atoms with Crippen molar-refractivity contribution in [3.8, 4) is 0 Å². The minimum Gasteiger partial charge on any atom is -0.466 e. The second-order valence-electron chi connectivity index (χ2n) is 3.99. The van der Waals surface area contributed by atoms with E-state index in [0.29, 0.717) is 12.1 Å². The van der Waals surface area contributed by atoms with E-state index in [4.69, 9.17) is 4.74 Å². The molecule has 1 rings (SSSR count). The van der Waals surface area contributed by atoms with Crippen LogP contribution in [0.3, 0.4) is 0 Å². The first-order chi connectivity index (χ1) is 9.36. The number of hydrogen-bond acceptors (Lipinski definition) is 5. The molecule has 6 nitrogen and oxygen atoms in total. The SMILES string of the molecule is CCOC(=O)CCN(C)c1c(F)cc([N+](=O)[O-])cc1F. The van der Waals surface area contributed by atoms with Gasteiger partial charge in [0.1, 0.15) is 5.69 Å². The summed E-state index contributed by atoms with van der Waals surface area (Å²) in [6.45, 7) is 1.91. The summed E-state index contributed by atoms with van der Waals surface area (Å²) in [5.74, 6) is -2.59. The van der Waals surface area contributed by atoms with Crippen LogP contribution in [0.2, 0.25) is 0 Å². The summed E-state index contributed by atoms with van der Waals surface area (Å²) < 4.78 is 32.1. The average Bonchev–Trinajstić information content (AvgIpc) is 2.35. The van der Waals surface area contributed by atoms with Gasteiger partial charge in [-0.1, -0.05) is 0 Å². The van der Waals surface area contributed by atoms with Crippen molar-refractivity contribution in [1.29, 1.82) is 0 Å². The Labute approximate surface area is 114 Å². The molecule has 1 aromatic carbocycles. The minimum absolute atomic E-state index is 0.0322. The summed E-state index contributed by atoms with van der Waals surface area (Å²) in [7, 11) is 1.38. The molecule has 0 saturated heterocycles. The van der Waals surface area contributed by atoms with Crippen molar-refractivity contribution < 1.29 is 23.2 Å². The van der Waals surface area contributed by atoms with Crippen LogP contribution in [0.1, 0.15) is 13.3 Å². The number of esters is 1. The molecule has 0 heterocycles. The van der Waals surface area contributed by atoms with Crippen LogP contribution in [0.4, 0.5) is 20.2 Å². The van der Waals surface area contributed by atoms with Crippen molar-refractivity contribution in [3.05, 3.63) is 33.9 Å². The molecule has 0 unspecified atom stereocenters. The fraction of sp³-hybridized carbons (Fsp3) is 0.417. The lowest BCUT2D eigenvalue weighted by Gasteiger charge is -2.19. The molecule has 8 heteroatoms. The molecule has 0 radical (unpaired) electrons. The van der Waals surface area contributed by atoms with Crippen LogP contribution in [-0.4, -0.2) is 31.1 Å². The molecule has 0 spiro atoms. The molecule has 0 aliphatic rings. The van der Waals surface area contributed by atoms with E-state index in [9.17, 15) is 23.7 Å². The molecule has 0 aliphatic heterocycles. The van der Waals surface area contributed by atoms with Crippen molar-refractivity contribution in [2.75, 3.05) is 25.1 Å². The predicted molar refractivity (Wildman–Crippen MR) is 67.5 cm³/mol. The van der Waals surface area contributed by atoms with Gasteiger partial charge in [-0.3, -0.25) is 14.9 Å². The van der Waals surface area contributed by atoms with Gasteiger partial charge in [0.05, 0.1) is 30.1 Å². The number of carbonyl (C=O) groups is 1. The summed E-state index contributed by atoms with van der Waals surface area (Å²) >= 11 is 0. The molecule has 20 heavy (non-hydrogen) atoms. The third-order valence-corrected chi connectivity index (χ3v) is 2.55. The van der Waals surface area contributed by atoms with Crippen LogP contribution in [-0.2, 0) is 9.53 Å². The van der Waals surface area contributed by atoms with Gasteiger partial charge in [0.15, 0.2) is 11.6 Å². The lowest BCUT2D eigenvalue weighted by atomic mass is 10.2. The van der Waals surface area contributed by atoms with E-state index in [1.165, 1.54) is 11.9 Å². The van der Waals surface area contributed by atoms with E-state index in [1.807, 2.05) is 0 Å². The number of nitrogens with zero attached hydrogens (tertiary/aromatic N) is 2. The maximum Gasteiger partial charge on any atom is 0.307 e. The van der Waals surface area contributed by atoms with Crippen LogP contribution >= 0.6 is 0 Å². The van der Waals surface area contributed by atoms with Gasteiger partial charge in [-0.25, -0.2) is 8.78 Å². The smallest absolute Gasteiger partial charge is 0.307 e. The third-order valence-electron chi connectivity index (χ3n) is 2.55. The Morgan fingerprint density at radius 1 is 1.40 bits per heavy atom. The highest BCUT2D eigenvalue weighted by molar-refractivity contribution is 5.70. The van der Waals surface area contributed by atoms with Crippen LogP contribution < -0.4 is 4.90 Å². The van der Waals surface area contributed by atoms with Crippen molar-refractivity contribution in [2.45, 2.75) is 13.3 Å². The first-order valence-electron chi connectivity index (χ1n) is 5.87. The molecule has 0 bridgehead atoms. The van der Waals surface area contributed by atoms with E-state index in [0.717, 1.165) is 0 Å². The first-order valence-corrected chi connectivity index (χ1v) is 5.87. The molecule has 1 aromatic rings. The van der Waals surface area contributed by atoms with Gasteiger partial charge in [0, 0.05) is 13.6 Å². The summed E-state index contributed by atoms with van der Waals surface area (Å²) in [5.41, 5.74) is -1.08. The van der Waals surface area contributed by atoms with Crippen LogP contribution in [0.25, 0.3) is 0 Å². The van der Waals surface area contributed by atoms with Gasteiger partial charge >= 0.3 is 5.97 Å². The first kappa shape index (κ1) is 15.8. The summed E-state index contributed by atoms with van der Waals surface area (Å²) in [6, 6.07) is 1.28. The Hall–Kier alpha value is -2.25. The molecule has 0 amide bonds. The average molecular weight is 288 g/mol. The molecule has 0 aliphatic carbocycles. The Morgan fingerprint density at radius 2 is 1.95 bits per heavy atom. The van der Waals surface area contributed by atoms with E-state index < -0.39 is 33.9 Å². The highest BCUT2D eigenvalue weighted by Gasteiger charge is 2.20.